The van der Waals surface area contributed by atoms with E-state index in [4.69, 9.17) is 5.11 Å². The van der Waals surface area contributed by atoms with Crippen LogP contribution >= 0.6 is 0 Å². The van der Waals surface area contributed by atoms with Crippen molar-refractivity contribution in [1.29, 1.82) is 0 Å². The van der Waals surface area contributed by atoms with Crippen LogP contribution in [0, 0.1) is 11.8 Å². The Labute approximate surface area is 124 Å². The number of carbonyl (C=O) groups is 1. The minimum absolute atomic E-state index is 0.0350. The zero-order valence-corrected chi connectivity index (χ0v) is 12.7. The molecule has 0 radical (unpaired) electrons. The highest BCUT2D eigenvalue weighted by Crippen LogP contribution is 2.32. The van der Waals surface area contributed by atoms with Gasteiger partial charge < -0.3 is 10.4 Å². The Morgan fingerprint density at radius 2 is 2.05 bits per heavy atom. The first kappa shape index (κ1) is 15.8. The first-order valence-corrected chi connectivity index (χ1v) is 8.43. The number of aliphatic carboxylic acids is 1. The van der Waals surface area contributed by atoms with E-state index in [1.54, 1.807) is 18.2 Å². The Kier molecular flexibility index (Phi) is 4.84. The van der Waals surface area contributed by atoms with E-state index in [1.807, 2.05) is 0 Å². The fraction of sp³-hybridized carbons (Fsp3) is 0.500. The van der Waals surface area contributed by atoms with Crippen LogP contribution in [0.4, 0.5) is 5.69 Å². The molecule has 2 atom stereocenters. The van der Waals surface area contributed by atoms with Crippen molar-refractivity contribution >= 4 is 21.7 Å². The average Bonchev–Trinajstić information content (AvgIpc) is 2.94. The number of rotatable bonds is 6. The summed E-state index contributed by atoms with van der Waals surface area (Å²) >= 11 is 0. The van der Waals surface area contributed by atoms with Gasteiger partial charge in [0.25, 0.3) is 0 Å². The largest absolute Gasteiger partial charge is 0.481 e. The summed E-state index contributed by atoms with van der Waals surface area (Å²) in [6.45, 7) is 0.465. The highest BCUT2D eigenvalue weighted by molar-refractivity contribution is 7.89. The summed E-state index contributed by atoms with van der Waals surface area (Å²) in [6, 6.07) is 6.62. The molecule has 21 heavy (non-hydrogen) atoms. The molecular formula is C14H20N2O4S. The van der Waals surface area contributed by atoms with E-state index in [1.165, 1.54) is 13.1 Å². The lowest BCUT2D eigenvalue weighted by Crippen LogP contribution is -2.26. The third kappa shape index (κ3) is 3.54. The van der Waals surface area contributed by atoms with Gasteiger partial charge in [-0.25, -0.2) is 13.1 Å². The lowest BCUT2D eigenvalue weighted by molar-refractivity contribution is -0.142. The standard InChI is InChI=1S/C14H20N2O4S/c1-15-21(19,20)13-8-3-2-7-12(13)16-9-10-5-4-6-11(10)14(17)18/h2-3,7-8,10-11,15-16H,4-6,9H2,1H3,(H,17,18). The third-order valence-electron chi connectivity index (χ3n) is 3.98. The quantitative estimate of drug-likeness (QED) is 0.740. The first-order chi connectivity index (χ1) is 9.95. The van der Waals surface area contributed by atoms with E-state index in [0.29, 0.717) is 18.7 Å². The van der Waals surface area contributed by atoms with Crippen LogP contribution in [0.25, 0.3) is 0 Å². The van der Waals surface area contributed by atoms with Crippen LogP contribution in [0.15, 0.2) is 29.2 Å². The van der Waals surface area contributed by atoms with Gasteiger partial charge in [-0.05, 0) is 37.9 Å². The van der Waals surface area contributed by atoms with Gasteiger partial charge in [-0.1, -0.05) is 18.6 Å². The molecule has 1 fully saturated rings. The van der Waals surface area contributed by atoms with Crippen molar-refractivity contribution in [1.82, 2.24) is 4.72 Å². The molecule has 7 heteroatoms. The number of hydrogen-bond acceptors (Lipinski definition) is 4. The monoisotopic (exact) mass is 312 g/mol. The average molecular weight is 312 g/mol. The fourth-order valence-electron chi connectivity index (χ4n) is 2.80. The fourth-order valence-corrected chi connectivity index (χ4v) is 3.71. The summed E-state index contributed by atoms with van der Waals surface area (Å²) in [4.78, 5) is 11.3. The molecule has 3 N–H and O–H groups in total. The smallest absolute Gasteiger partial charge is 0.306 e. The van der Waals surface area contributed by atoms with E-state index >= 15 is 0 Å². The zero-order valence-electron chi connectivity index (χ0n) is 11.9. The van der Waals surface area contributed by atoms with Gasteiger partial charge in [-0.2, -0.15) is 0 Å². The molecule has 0 amide bonds. The van der Waals surface area contributed by atoms with Crippen LogP contribution < -0.4 is 10.0 Å². The van der Waals surface area contributed by atoms with Crippen molar-refractivity contribution in [2.75, 3.05) is 18.9 Å². The molecule has 0 aliphatic heterocycles. The van der Waals surface area contributed by atoms with E-state index in [0.717, 1.165) is 12.8 Å². The second-order valence-electron chi connectivity index (χ2n) is 5.22. The third-order valence-corrected chi connectivity index (χ3v) is 5.45. The van der Waals surface area contributed by atoms with E-state index in [2.05, 4.69) is 10.0 Å². The Hall–Kier alpha value is -1.60. The number of nitrogens with one attached hydrogen (secondary N) is 2. The second-order valence-corrected chi connectivity index (χ2v) is 7.08. The summed E-state index contributed by atoms with van der Waals surface area (Å²) in [7, 11) is -2.17. The molecule has 0 bridgehead atoms. The number of para-hydroxylation sites is 1. The van der Waals surface area contributed by atoms with Crippen LogP contribution in [-0.2, 0) is 14.8 Å². The van der Waals surface area contributed by atoms with E-state index in [-0.39, 0.29) is 16.7 Å². The molecule has 0 heterocycles. The maximum atomic E-state index is 11.9. The predicted molar refractivity (Wildman–Crippen MR) is 79.6 cm³/mol. The molecule has 0 spiro atoms. The van der Waals surface area contributed by atoms with Gasteiger partial charge in [-0.3, -0.25) is 4.79 Å². The SMILES string of the molecule is CNS(=O)(=O)c1ccccc1NCC1CCCC1C(=O)O. The van der Waals surface area contributed by atoms with Crippen molar-refractivity contribution in [2.45, 2.75) is 24.2 Å². The van der Waals surface area contributed by atoms with Crippen molar-refractivity contribution in [3.63, 3.8) is 0 Å². The maximum Gasteiger partial charge on any atom is 0.306 e. The molecule has 2 unspecified atom stereocenters. The lowest BCUT2D eigenvalue weighted by Gasteiger charge is -2.18. The molecule has 1 aromatic carbocycles. The summed E-state index contributed by atoms with van der Waals surface area (Å²) < 4.78 is 26.2. The molecule has 0 aromatic heterocycles. The molecule has 116 valence electrons. The Morgan fingerprint density at radius 3 is 2.71 bits per heavy atom. The molecule has 1 aromatic rings. The summed E-state index contributed by atoms with van der Waals surface area (Å²) in [5.74, 6) is -1.08. The minimum atomic E-state index is -3.53. The maximum absolute atomic E-state index is 11.9. The number of sulfonamides is 1. The predicted octanol–water partition coefficient (Wildman–Crippen LogP) is 1.51. The van der Waals surface area contributed by atoms with Gasteiger partial charge in [0.05, 0.1) is 11.6 Å². The van der Waals surface area contributed by atoms with Gasteiger partial charge in [0.2, 0.25) is 10.0 Å². The van der Waals surface area contributed by atoms with Gasteiger partial charge in [0.15, 0.2) is 0 Å². The molecule has 0 saturated heterocycles. The molecule has 6 nitrogen and oxygen atoms in total. The minimum Gasteiger partial charge on any atom is -0.481 e. The van der Waals surface area contributed by atoms with Gasteiger partial charge in [-0.15, -0.1) is 0 Å². The van der Waals surface area contributed by atoms with Crippen LogP contribution in [-0.4, -0.2) is 33.1 Å². The molecule has 1 saturated carbocycles. The molecule has 2 rings (SSSR count). The van der Waals surface area contributed by atoms with Gasteiger partial charge in [0, 0.05) is 6.54 Å². The van der Waals surface area contributed by atoms with Crippen LogP contribution in [0.2, 0.25) is 0 Å². The van der Waals surface area contributed by atoms with Crippen molar-refractivity contribution < 1.29 is 18.3 Å². The van der Waals surface area contributed by atoms with Gasteiger partial charge >= 0.3 is 5.97 Å². The topological polar surface area (TPSA) is 95.5 Å². The Bertz CT molecular complexity index is 615. The second kappa shape index (κ2) is 6.44. The number of carboxylic acids is 1. The normalized spacial score (nSPS) is 22.1. The van der Waals surface area contributed by atoms with Crippen LogP contribution in [0.3, 0.4) is 0 Å². The van der Waals surface area contributed by atoms with E-state index < -0.39 is 16.0 Å². The van der Waals surface area contributed by atoms with Crippen LogP contribution in [0.1, 0.15) is 19.3 Å². The molecule has 1 aliphatic rings. The highest BCUT2D eigenvalue weighted by atomic mass is 32.2. The Morgan fingerprint density at radius 1 is 1.33 bits per heavy atom. The van der Waals surface area contributed by atoms with Crippen molar-refractivity contribution in [3.05, 3.63) is 24.3 Å². The summed E-state index contributed by atoms with van der Waals surface area (Å²) in [5, 5.41) is 12.3. The molecular weight excluding hydrogens is 292 g/mol. The number of carboxylic acid groups (broad SMARTS) is 1. The Balaban J connectivity index is 2.12. The number of anilines is 1. The first-order valence-electron chi connectivity index (χ1n) is 6.95. The van der Waals surface area contributed by atoms with E-state index in [9.17, 15) is 13.2 Å². The molecule has 1 aliphatic carbocycles. The van der Waals surface area contributed by atoms with Gasteiger partial charge in [0.1, 0.15) is 4.90 Å². The number of benzene rings is 1. The van der Waals surface area contributed by atoms with Crippen molar-refractivity contribution in [3.8, 4) is 0 Å². The lowest BCUT2D eigenvalue weighted by atomic mass is 9.96. The highest BCUT2D eigenvalue weighted by Gasteiger charge is 2.32. The summed E-state index contributed by atoms with van der Waals surface area (Å²) in [6.07, 6.45) is 2.45. The number of hydrogen-bond donors (Lipinski definition) is 3. The zero-order chi connectivity index (χ0) is 15.5. The van der Waals surface area contributed by atoms with Crippen molar-refractivity contribution in [2.24, 2.45) is 11.8 Å². The summed E-state index contributed by atoms with van der Waals surface area (Å²) in [5.41, 5.74) is 0.503. The van der Waals surface area contributed by atoms with Crippen LogP contribution in [0.5, 0.6) is 0 Å².